The van der Waals surface area contributed by atoms with E-state index in [9.17, 15) is 18.4 Å². The first kappa shape index (κ1) is 23.0. The highest BCUT2D eigenvalue weighted by molar-refractivity contribution is 7.92. The molecule has 4 N–H and O–H groups in total. The van der Waals surface area contributed by atoms with Gasteiger partial charge in [-0.25, -0.2) is 27.7 Å². The average molecular weight is 505 g/mol. The SMILES string of the molecule is O=c1[nH]c2ccccc2n1-c1ncnc(Nc2cccc(NS(=O)(=O)c3ccc(N([O-])O)cc3)c2)n1. The number of nitrogens with one attached hydrogen (secondary N) is 3. The third-order valence-corrected chi connectivity index (χ3v) is 6.48. The molecule has 0 atom stereocenters. The summed E-state index contributed by atoms with van der Waals surface area (Å²) in [6.07, 6.45) is 1.25. The van der Waals surface area contributed by atoms with Gasteiger partial charge in [-0.15, -0.1) is 0 Å². The van der Waals surface area contributed by atoms with Crippen molar-refractivity contribution in [3.63, 3.8) is 0 Å². The maximum absolute atomic E-state index is 12.7. The molecule has 13 nitrogen and oxygen atoms in total. The van der Waals surface area contributed by atoms with E-state index in [2.05, 4.69) is 30.0 Å². The molecule has 36 heavy (non-hydrogen) atoms. The number of hydrogen-bond donors (Lipinski definition) is 4. The van der Waals surface area contributed by atoms with Crippen LogP contribution in [0.15, 0.2) is 88.8 Å². The van der Waals surface area contributed by atoms with Crippen molar-refractivity contribution in [3.8, 4) is 5.95 Å². The molecule has 182 valence electrons. The van der Waals surface area contributed by atoms with Crippen molar-refractivity contribution in [2.45, 2.75) is 4.90 Å². The minimum atomic E-state index is -3.97. The first-order valence-electron chi connectivity index (χ1n) is 10.4. The molecule has 2 aromatic heterocycles. The van der Waals surface area contributed by atoms with E-state index < -0.39 is 15.7 Å². The zero-order chi connectivity index (χ0) is 25.3. The number of nitrogens with zero attached hydrogens (tertiary/aromatic N) is 5. The van der Waals surface area contributed by atoms with Gasteiger partial charge >= 0.3 is 5.69 Å². The highest BCUT2D eigenvalue weighted by Gasteiger charge is 2.15. The molecule has 0 fully saturated rings. The summed E-state index contributed by atoms with van der Waals surface area (Å²) < 4.78 is 29.2. The van der Waals surface area contributed by atoms with E-state index in [1.165, 1.54) is 41.2 Å². The second-order valence-electron chi connectivity index (χ2n) is 7.47. The number of benzene rings is 3. The summed E-state index contributed by atoms with van der Waals surface area (Å²) in [5.41, 5.74) is 1.45. The lowest BCUT2D eigenvalue weighted by atomic mass is 10.3. The average Bonchev–Trinajstić information content (AvgIpc) is 3.20. The Morgan fingerprint density at radius 1 is 0.972 bits per heavy atom. The molecule has 0 amide bonds. The Kier molecular flexibility index (Phi) is 5.81. The lowest BCUT2D eigenvalue weighted by Crippen LogP contribution is -2.18. The molecule has 0 spiro atoms. The minimum Gasteiger partial charge on any atom is -0.733 e. The number of para-hydroxylation sites is 2. The van der Waals surface area contributed by atoms with Crippen molar-refractivity contribution < 1.29 is 13.6 Å². The van der Waals surface area contributed by atoms with Crippen molar-refractivity contribution in [2.75, 3.05) is 15.3 Å². The van der Waals surface area contributed by atoms with Gasteiger partial charge in [-0.3, -0.25) is 9.93 Å². The lowest BCUT2D eigenvalue weighted by molar-refractivity contribution is 0.296. The standard InChI is InChI=1S/C22H17N8O5S/c31-22-26-18-6-1-2-7-19(18)29(22)21-24-13-23-20(27-21)25-14-4-3-5-15(12-14)28-36(34,35)17-10-8-16(9-11-17)30(32)33/h1-13,28,32H,(H,26,31)(H,23,24,25,27)/q-1. The van der Waals surface area contributed by atoms with E-state index in [1.54, 1.807) is 42.5 Å². The zero-order valence-electron chi connectivity index (χ0n) is 18.2. The van der Waals surface area contributed by atoms with Crippen LogP contribution >= 0.6 is 0 Å². The van der Waals surface area contributed by atoms with E-state index in [1.807, 2.05) is 0 Å². The fourth-order valence-corrected chi connectivity index (χ4v) is 4.51. The predicted octanol–water partition coefficient (Wildman–Crippen LogP) is 2.74. The van der Waals surface area contributed by atoms with Crippen molar-refractivity contribution >= 4 is 44.1 Å². The Balaban J connectivity index is 1.38. The molecule has 0 aliphatic carbocycles. The second-order valence-corrected chi connectivity index (χ2v) is 9.15. The van der Waals surface area contributed by atoms with Gasteiger partial charge in [-0.05, 0) is 54.6 Å². The molecule has 14 heteroatoms. The topological polar surface area (TPSA) is 181 Å². The van der Waals surface area contributed by atoms with Gasteiger partial charge in [-0.1, -0.05) is 18.2 Å². The maximum Gasteiger partial charge on any atom is 0.333 e. The molecule has 2 heterocycles. The van der Waals surface area contributed by atoms with Crippen LogP contribution in [-0.4, -0.2) is 38.1 Å². The largest absolute Gasteiger partial charge is 0.733 e. The van der Waals surface area contributed by atoms with Gasteiger partial charge in [0.15, 0.2) is 0 Å². The number of H-pyrrole nitrogens is 1. The molecule has 3 aromatic carbocycles. The van der Waals surface area contributed by atoms with Gasteiger partial charge in [0, 0.05) is 5.69 Å². The van der Waals surface area contributed by atoms with Crippen LogP contribution in [0, 0.1) is 5.21 Å². The first-order chi connectivity index (χ1) is 17.3. The Morgan fingerprint density at radius 3 is 2.50 bits per heavy atom. The molecule has 0 aliphatic rings. The number of aromatic nitrogens is 5. The first-order valence-corrected chi connectivity index (χ1v) is 11.8. The van der Waals surface area contributed by atoms with Crippen molar-refractivity contribution in [3.05, 3.63) is 94.8 Å². The monoisotopic (exact) mass is 505 g/mol. The van der Waals surface area contributed by atoms with Gasteiger partial charge in [0.2, 0.25) is 11.9 Å². The fourth-order valence-electron chi connectivity index (χ4n) is 3.47. The molecular weight excluding hydrogens is 488 g/mol. The molecule has 0 radical (unpaired) electrons. The van der Waals surface area contributed by atoms with Crippen LogP contribution in [0.2, 0.25) is 0 Å². The van der Waals surface area contributed by atoms with Crippen molar-refractivity contribution in [1.29, 1.82) is 0 Å². The third-order valence-electron chi connectivity index (χ3n) is 5.09. The fraction of sp³-hybridized carbons (Fsp3) is 0. The van der Waals surface area contributed by atoms with Crippen LogP contribution in [0.25, 0.3) is 17.0 Å². The molecule has 0 unspecified atom stereocenters. The molecule has 5 aromatic rings. The Hall–Kier alpha value is -4.79. The quantitative estimate of drug-likeness (QED) is 0.240. The smallest absolute Gasteiger partial charge is 0.333 e. The number of fused-ring (bicyclic) bond motifs is 1. The van der Waals surface area contributed by atoms with Crippen LogP contribution in [-0.2, 0) is 10.0 Å². The Bertz CT molecular complexity index is 1710. The van der Waals surface area contributed by atoms with E-state index in [0.29, 0.717) is 16.7 Å². The molecule has 5 rings (SSSR count). The van der Waals surface area contributed by atoms with E-state index in [0.717, 1.165) is 0 Å². The number of aromatic amines is 1. The number of imidazole rings is 1. The van der Waals surface area contributed by atoms with E-state index in [-0.39, 0.29) is 33.4 Å². The summed E-state index contributed by atoms with van der Waals surface area (Å²) in [5.74, 6) is 0.244. The van der Waals surface area contributed by atoms with Gasteiger partial charge in [-0.2, -0.15) is 4.98 Å². The van der Waals surface area contributed by atoms with Gasteiger partial charge in [0.25, 0.3) is 10.0 Å². The summed E-state index contributed by atoms with van der Waals surface area (Å²) >= 11 is 0. The summed E-state index contributed by atoms with van der Waals surface area (Å²) in [5, 5.41) is 22.4. The maximum atomic E-state index is 12.7. The second kappa shape index (κ2) is 9.10. The normalized spacial score (nSPS) is 11.4. The van der Waals surface area contributed by atoms with Crippen molar-refractivity contribution in [2.24, 2.45) is 0 Å². The lowest BCUT2D eigenvalue weighted by Gasteiger charge is -2.21. The third kappa shape index (κ3) is 4.58. The van der Waals surface area contributed by atoms with Gasteiger partial charge < -0.3 is 20.7 Å². The van der Waals surface area contributed by atoms with Crippen LogP contribution in [0.5, 0.6) is 0 Å². The Labute approximate surface area is 203 Å². The van der Waals surface area contributed by atoms with Crippen LogP contribution in [0.3, 0.4) is 0 Å². The summed E-state index contributed by atoms with van der Waals surface area (Å²) in [7, 11) is -3.97. The summed E-state index contributed by atoms with van der Waals surface area (Å²) in [4.78, 5) is 27.6. The van der Waals surface area contributed by atoms with E-state index in [4.69, 9.17) is 5.21 Å². The van der Waals surface area contributed by atoms with Crippen LogP contribution in [0.1, 0.15) is 0 Å². The molecule has 0 saturated carbocycles. The van der Waals surface area contributed by atoms with Gasteiger partial charge in [0.05, 0.1) is 27.3 Å². The van der Waals surface area contributed by atoms with Crippen molar-refractivity contribution in [1.82, 2.24) is 24.5 Å². The zero-order valence-corrected chi connectivity index (χ0v) is 19.0. The van der Waals surface area contributed by atoms with Gasteiger partial charge in [0.1, 0.15) is 6.33 Å². The molecule has 0 aliphatic heterocycles. The summed E-state index contributed by atoms with van der Waals surface area (Å²) in [6.45, 7) is 0. The highest BCUT2D eigenvalue weighted by Crippen LogP contribution is 2.23. The van der Waals surface area contributed by atoms with Crippen LogP contribution in [0.4, 0.5) is 23.0 Å². The molecular formula is C22H17N8O5S-. The minimum absolute atomic E-state index is 0.0993. The predicted molar refractivity (Wildman–Crippen MR) is 132 cm³/mol. The van der Waals surface area contributed by atoms with E-state index >= 15 is 0 Å². The number of rotatable bonds is 7. The number of anilines is 4. The highest BCUT2D eigenvalue weighted by atomic mass is 32.2. The number of hydrogen-bond acceptors (Lipinski definition) is 10. The van der Waals surface area contributed by atoms with Crippen LogP contribution < -0.4 is 21.0 Å². The Morgan fingerprint density at radius 2 is 1.72 bits per heavy atom. The summed E-state index contributed by atoms with van der Waals surface area (Å²) in [6, 6.07) is 18.2. The molecule has 0 saturated heterocycles. The number of sulfonamides is 1. The molecule has 0 bridgehead atoms.